The SMILES string of the molecule is CC(N)(CCn1ccnc1-c1cccs1)C(=O)O. The normalized spacial score (nSPS) is 14.3. The van der Waals surface area contributed by atoms with Crippen LogP contribution >= 0.6 is 11.3 Å². The zero-order valence-electron chi connectivity index (χ0n) is 10.0. The van der Waals surface area contributed by atoms with Gasteiger partial charge < -0.3 is 15.4 Å². The fraction of sp³-hybridized carbons (Fsp3) is 0.333. The first kappa shape index (κ1) is 12.8. The number of aliphatic carboxylic acids is 1. The summed E-state index contributed by atoms with van der Waals surface area (Å²) < 4.78 is 1.93. The highest BCUT2D eigenvalue weighted by Crippen LogP contribution is 2.23. The predicted octanol–water partition coefficient (Wildman–Crippen LogP) is 1.80. The summed E-state index contributed by atoms with van der Waals surface area (Å²) in [4.78, 5) is 16.3. The third-order valence-electron chi connectivity index (χ3n) is 2.82. The molecule has 96 valence electrons. The molecular formula is C12H15N3O2S. The Morgan fingerprint density at radius 3 is 3.06 bits per heavy atom. The van der Waals surface area contributed by atoms with Crippen molar-refractivity contribution in [3.63, 3.8) is 0 Å². The lowest BCUT2D eigenvalue weighted by Crippen LogP contribution is -2.45. The molecule has 2 aromatic rings. The molecule has 0 aliphatic carbocycles. The van der Waals surface area contributed by atoms with Crippen LogP contribution in [0, 0.1) is 0 Å². The van der Waals surface area contributed by atoms with Crippen molar-refractivity contribution >= 4 is 17.3 Å². The van der Waals surface area contributed by atoms with Crippen LogP contribution in [0.15, 0.2) is 29.9 Å². The average molecular weight is 265 g/mol. The molecule has 0 saturated carbocycles. The van der Waals surface area contributed by atoms with Crippen molar-refractivity contribution in [3.8, 4) is 10.7 Å². The Kier molecular flexibility index (Phi) is 3.49. The highest BCUT2D eigenvalue weighted by Gasteiger charge is 2.27. The maximum atomic E-state index is 10.9. The van der Waals surface area contributed by atoms with Gasteiger partial charge in [0, 0.05) is 18.9 Å². The molecule has 0 amide bonds. The monoisotopic (exact) mass is 265 g/mol. The molecule has 0 bridgehead atoms. The second-order valence-electron chi connectivity index (χ2n) is 4.39. The molecular weight excluding hydrogens is 250 g/mol. The molecule has 2 heterocycles. The van der Waals surface area contributed by atoms with Gasteiger partial charge in [-0.15, -0.1) is 11.3 Å². The summed E-state index contributed by atoms with van der Waals surface area (Å²) in [6, 6.07) is 3.95. The number of rotatable bonds is 5. The summed E-state index contributed by atoms with van der Waals surface area (Å²) in [6.07, 6.45) is 3.91. The topological polar surface area (TPSA) is 81.1 Å². The number of nitrogens with two attached hydrogens (primary N) is 1. The van der Waals surface area contributed by atoms with E-state index in [0.29, 0.717) is 13.0 Å². The van der Waals surface area contributed by atoms with E-state index in [1.807, 2.05) is 28.3 Å². The molecule has 3 N–H and O–H groups in total. The van der Waals surface area contributed by atoms with Gasteiger partial charge in [0.1, 0.15) is 11.4 Å². The van der Waals surface area contributed by atoms with Crippen LogP contribution in [0.3, 0.4) is 0 Å². The third-order valence-corrected chi connectivity index (χ3v) is 3.68. The van der Waals surface area contributed by atoms with Crippen molar-refractivity contribution < 1.29 is 9.90 Å². The Morgan fingerprint density at radius 2 is 2.44 bits per heavy atom. The Balaban J connectivity index is 2.12. The van der Waals surface area contributed by atoms with E-state index in [0.717, 1.165) is 10.7 Å². The highest BCUT2D eigenvalue weighted by molar-refractivity contribution is 7.13. The number of hydrogen-bond acceptors (Lipinski definition) is 4. The van der Waals surface area contributed by atoms with E-state index in [1.165, 1.54) is 6.92 Å². The van der Waals surface area contributed by atoms with Gasteiger partial charge in [0.2, 0.25) is 0 Å². The number of aromatic nitrogens is 2. The molecule has 5 nitrogen and oxygen atoms in total. The van der Waals surface area contributed by atoms with Crippen molar-refractivity contribution in [2.24, 2.45) is 5.73 Å². The van der Waals surface area contributed by atoms with E-state index < -0.39 is 11.5 Å². The van der Waals surface area contributed by atoms with Crippen LogP contribution in [-0.2, 0) is 11.3 Å². The van der Waals surface area contributed by atoms with Crippen LogP contribution in [0.2, 0.25) is 0 Å². The molecule has 0 saturated heterocycles. The first-order valence-electron chi connectivity index (χ1n) is 5.58. The Morgan fingerprint density at radius 1 is 1.67 bits per heavy atom. The van der Waals surface area contributed by atoms with Crippen molar-refractivity contribution in [2.75, 3.05) is 0 Å². The molecule has 1 unspecified atom stereocenters. The van der Waals surface area contributed by atoms with Crippen molar-refractivity contribution in [3.05, 3.63) is 29.9 Å². The fourth-order valence-corrected chi connectivity index (χ4v) is 2.32. The molecule has 0 aromatic carbocycles. The van der Waals surface area contributed by atoms with Crippen molar-refractivity contribution in [2.45, 2.75) is 25.4 Å². The van der Waals surface area contributed by atoms with Gasteiger partial charge in [-0.05, 0) is 24.8 Å². The van der Waals surface area contributed by atoms with Gasteiger partial charge in [0.15, 0.2) is 0 Å². The maximum Gasteiger partial charge on any atom is 0.323 e. The number of carboxylic acids is 1. The summed E-state index contributed by atoms with van der Waals surface area (Å²) in [5, 5.41) is 11.0. The second kappa shape index (κ2) is 4.91. The quantitative estimate of drug-likeness (QED) is 0.863. The minimum Gasteiger partial charge on any atom is -0.480 e. The molecule has 0 aliphatic heterocycles. The number of nitrogens with zero attached hydrogens (tertiary/aromatic N) is 2. The molecule has 0 aliphatic rings. The van der Waals surface area contributed by atoms with Gasteiger partial charge >= 0.3 is 5.97 Å². The first-order valence-corrected chi connectivity index (χ1v) is 6.46. The molecule has 0 spiro atoms. The summed E-state index contributed by atoms with van der Waals surface area (Å²) in [5.41, 5.74) is 4.50. The lowest BCUT2D eigenvalue weighted by atomic mass is 10.00. The van der Waals surface area contributed by atoms with E-state index in [1.54, 1.807) is 17.5 Å². The number of thiophene rings is 1. The van der Waals surface area contributed by atoms with Gasteiger partial charge in [-0.1, -0.05) is 6.07 Å². The zero-order chi connectivity index (χ0) is 13.2. The predicted molar refractivity (Wildman–Crippen MR) is 70.4 cm³/mol. The number of hydrogen-bond donors (Lipinski definition) is 2. The van der Waals surface area contributed by atoms with Crippen LogP contribution in [0.1, 0.15) is 13.3 Å². The van der Waals surface area contributed by atoms with Gasteiger partial charge in [-0.3, -0.25) is 4.79 Å². The van der Waals surface area contributed by atoms with Crippen LogP contribution in [0.4, 0.5) is 0 Å². The molecule has 2 aromatic heterocycles. The first-order chi connectivity index (χ1) is 8.50. The van der Waals surface area contributed by atoms with E-state index in [2.05, 4.69) is 4.98 Å². The average Bonchev–Trinajstić information content (AvgIpc) is 2.96. The smallest absolute Gasteiger partial charge is 0.323 e. The summed E-state index contributed by atoms with van der Waals surface area (Å²) >= 11 is 1.60. The third kappa shape index (κ3) is 2.60. The standard InChI is InChI=1S/C12H15N3O2S/c1-12(13,11(16)17)4-6-15-7-5-14-10(15)9-3-2-8-18-9/h2-3,5,7-8H,4,6,13H2,1H3,(H,16,17). The van der Waals surface area contributed by atoms with Gasteiger partial charge in [0.05, 0.1) is 4.88 Å². The second-order valence-corrected chi connectivity index (χ2v) is 5.34. The number of carbonyl (C=O) groups is 1. The number of aryl methyl sites for hydroxylation is 1. The minimum atomic E-state index is -1.21. The number of imidazole rings is 1. The molecule has 2 rings (SSSR count). The lowest BCUT2D eigenvalue weighted by molar-refractivity contribution is -0.143. The molecule has 1 atom stereocenters. The van der Waals surface area contributed by atoms with Crippen LogP contribution in [0.5, 0.6) is 0 Å². The maximum absolute atomic E-state index is 10.9. The Hall–Kier alpha value is -1.66. The van der Waals surface area contributed by atoms with Crippen molar-refractivity contribution in [1.29, 1.82) is 0 Å². The molecule has 0 radical (unpaired) electrons. The lowest BCUT2D eigenvalue weighted by Gasteiger charge is -2.19. The van der Waals surface area contributed by atoms with Gasteiger partial charge in [-0.25, -0.2) is 4.98 Å². The molecule has 0 fully saturated rings. The van der Waals surface area contributed by atoms with Crippen LogP contribution < -0.4 is 5.73 Å². The zero-order valence-corrected chi connectivity index (χ0v) is 10.9. The van der Waals surface area contributed by atoms with Gasteiger partial charge in [0.25, 0.3) is 0 Å². The highest BCUT2D eigenvalue weighted by atomic mass is 32.1. The summed E-state index contributed by atoms with van der Waals surface area (Å²) in [7, 11) is 0. The van der Waals surface area contributed by atoms with E-state index in [9.17, 15) is 4.79 Å². The Bertz CT molecular complexity index is 531. The number of carboxylic acid groups (broad SMARTS) is 1. The molecule has 18 heavy (non-hydrogen) atoms. The van der Waals surface area contributed by atoms with Crippen LogP contribution in [0.25, 0.3) is 10.7 Å². The Labute approximate surface area is 109 Å². The minimum absolute atomic E-state index is 0.358. The van der Waals surface area contributed by atoms with E-state index in [-0.39, 0.29) is 0 Å². The van der Waals surface area contributed by atoms with Gasteiger partial charge in [-0.2, -0.15) is 0 Å². The van der Waals surface area contributed by atoms with Crippen LogP contribution in [-0.4, -0.2) is 26.2 Å². The summed E-state index contributed by atoms with van der Waals surface area (Å²) in [6.45, 7) is 2.06. The van der Waals surface area contributed by atoms with E-state index >= 15 is 0 Å². The van der Waals surface area contributed by atoms with Crippen molar-refractivity contribution in [1.82, 2.24) is 9.55 Å². The fourth-order valence-electron chi connectivity index (χ4n) is 1.58. The molecule has 6 heteroatoms. The van der Waals surface area contributed by atoms with E-state index in [4.69, 9.17) is 10.8 Å². The largest absolute Gasteiger partial charge is 0.480 e. The summed E-state index contributed by atoms with van der Waals surface area (Å²) in [5.74, 6) is -0.133.